The maximum Gasteiger partial charge on any atom is 0.220 e. The van der Waals surface area contributed by atoms with Crippen molar-refractivity contribution >= 4 is 44.2 Å². The number of rotatable bonds is 7. The van der Waals surface area contributed by atoms with Crippen LogP contribution in [0.1, 0.15) is 26.2 Å². The van der Waals surface area contributed by atoms with E-state index in [0.717, 1.165) is 72.5 Å². The van der Waals surface area contributed by atoms with Gasteiger partial charge in [-0.1, -0.05) is 36.3 Å². The Balaban J connectivity index is 1.44. The highest BCUT2D eigenvalue weighted by atomic mass is 35.5. The van der Waals surface area contributed by atoms with E-state index in [2.05, 4.69) is 22.0 Å². The van der Waals surface area contributed by atoms with E-state index in [9.17, 15) is 4.79 Å². The van der Waals surface area contributed by atoms with Crippen LogP contribution in [0.25, 0.3) is 10.2 Å². The van der Waals surface area contributed by atoms with Gasteiger partial charge >= 0.3 is 0 Å². The van der Waals surface area contributed by atoms with Gasteiger partial charge in [0.25, 0.3) is 0 Å². The van der Waals surface area contributed by atoms with Crippen molar-refractivity contribution in [3.8, 4) is 0 Å². The van der Waals surface area contributed by atoms with Crippen LogP contribution in [-0.2, 0) is 4.79 Å². The second-order valence-electron chi connectivity index (χ2n) is 6.39. The summed E-state index contributed by atoms with van der Waals surface area (Å²) < 4.78 is 1.14. The molecule has 1 N–H and O–H groups in total. The Morgan fingerprint density at radius 2 is 2.12 bits per heavy atom. The highest BCUT2D eigenvalue weighted by molar-refractivity contribution is 7.22. The summed E-state index contributed by atoms with van der Waals surface area (Å²) in [6.07, 6.45) is 2.68. The Morgan fingerprint density at radius 1 is 1.32 bits per heavy atom. The number of nitrogens with one attached hydrogen (secondary N) is 1. The van der Waals surface area contributed by atoms with E-state index in [0.29, 0.717) is 6.42 Å². The van der Waals surface area contributed by atoms with Crippen molar-refractivity contribution in [3.63, 3.8) is 0 Å². The topological polar surface area (TPSA) is 48.5 Å². The number of hydrogen-bond donors (Lipinski definition) is 1. The standard InChI is InChI=1S/C18H25ClN4OS/c1-2-3-4-17(24)20-7-8-22-9-11-23(12-10-22)18-21-15-6-5-14(19)13-16(15)25-18/h5-6,13H,2-4,7-12H2,1H3,(H,20,24). The molecule has 0 atom stereocenters. The van der Waals surface area contributed by atoms with Crippen LogP contribution in [0.4, 0.5) is 5.13 Å². The third-order valence-corrected chi connectivity index (χ3v) is 5.80. The van der Waals surface area contributed by atoms with Crippen LogP contribution in [0.3, 0.4) is 0 Å². The van der Waals surface area contributed by atoms with E-state index in [-0.39, 0.29) is 5.91 Å². The minimum Gasteiger partial charge on any atom is -0.355 e. The lowest BCUT2D eigenvalue weighted by Crippen LogP contribution is -2.48. The number of benzene rings is 1. The minimum atomic E-state index is 0.175. The lowest BCUT2D eigenvalue weighted by molar-refractivity contribution is -0.121. The summed E-state index contributed by atoms with van der Waals surface area (Å²) in [6, 6.07) is 5.85. The first kappa shape index (κ1) is 18.4. The summed E-state index contributed by atoms with van der Waals surface area (Å²) in [5.41, 5.74) is 1.02. The second kappa shape index (κ2) is 8.83. The fourth-order valence-electron chi connectivity index (χ4n) is 2.96. The summed E-state index contributed by atoms with van der Waals surface area (Å²) in [4.78, 5) is 21.1. The van der Waals surface area contributed by atoms with E-state index < -0.39 is 0 Å². The maximum absolute atomic E-state index is 11.6. The number of anilines is 1. The van der Waals surface area contributed by atoms with Crippen LogP contribution < -0.4 is 10.2 Å². The molecule has 1 aromatic carbocycles. The molecular formula is C18H25ClN4OS. The number of aromatic nitrogens is 1. The molecule has 2 heterocycles. The molecule has 1 fully saturated rings. The summed E-state index contributed by atoms with van der Waals surface area (Å²) >= 11 is 7.76. The van der Waals surface area contributed by atoms with Crippen molar-refractivity contribution in [3.05, 3.63) is 23.2 Å². The van der Waals surface area contributed by atoms with Crippen molar-refractivity contribution in [2.75, 3.05) is 44.2 Å². The molecular weight excluding hydrogens is 356 g/mol. The van der Waals surface area contributed by atoms with Crippen molar-refractivity contribution < 1.29 is 4.79 Å². The lowest BCUT2D eigenvalue weighted by atomic mass is 10.2. The molecule has 5 nitrogen and oxygen atoms in total. The summed E-state index contributed by atoms with van der Waals surface area (Å²) in [5, 5.41) is 4.85. The van der Waals surface area contributed by atoms with E-state index in [1.165, 1.54) is 0 Å². The molecule has 0 unspecified atom stereocenters. The Kier molecular flexibility index (Phi) is 6.51. The summed E-state index contributed by atoms with van der Waals surface area (Å²) in [5.74, 6) is 0.175. The Morgan fingerprint density at radius 3 is 2.88 bits per heavy atom. The summed E-state index contributed by atoms with van der Waals surface area (Å²) in [6.45, 7) is 7.70. The van der Waals surface area contributed by atoms with E-state index in [1.54, 1.807) is 11.3 Å². The van der Waals surface area contributed by atoms with Crippen LogP contribution in [0.5, 0.6) is 0 Å². The number of fused-ring (bicyclic) bond motifs is 1. The highest BCUT2D eigenvalue weighted by Gasteiger charge is 2.19. The molecule has 1 amide bonds. The van der Waals surface area contributed by atoms with Crippen LogP contribution >= 0.6 is 22.9 Å². The fraction of sp³-hybridized carbons (Fsp3) is 0.556. The number of thiazole rings is 1. The average Bonchev–Trinajstić information content (AvgIpc) is 3.03. The largest absolute Gasteiger partial charge is 0.355 e. The zero-order valence-electron chi connectivity index (χ0n) is 14.6. The van der Waals surface area contributed by atoms with Gasteiger partial charge in [0.1, 0.15) is 0 Å². The number of halogens is 1. The number of carbonyl (C=O) groups excluding carboxylic acids is 1. The third kappa shape index (κ3) is 5.06. The molecule has 0 bridgehead atoms. The van der Waals surface area contributed by atoms with Crippen molar-refractivity contribution in [2.45, 2.75) is 26.2 Å². The molecule has 1 aromatic heterocycles. The average molecular weight is 381 g/mol. The van der Waals surface area contributed by atoms with Crippen LogP contribution in [-0.4, -0.2) is 55.1 Å². The lowest BCUT2D eigenvalue weighted by Gasteiger charge is -2.34. The molecule has 2 aromatic rings. The first-order valence-corrected chi connectivity index (χ1v) is 10.2. The van der Waals surface area contributed by atoms with Gasteiger partial charge in [-0.3, -0.25) is 9.69 Å². The first-order chi connectivity index (χ1) is 12.2. The van der Waals surface area contributed by atoms with Gasteiger partial charge in [0, 0.05) is 50.7 Å². The number of unbranched alkanes of at least 4 members (excludes halogenated alkanes) is 1. The fourth-order valence-corrected chi connectivity index (χ4v) is 4.26. The van der Waals surface area contributed by atoms with Gasteiger partial charge in [0.15, 0.2) is 5.13 Å². The van der Waals surface area contributed by atoms with Crippen molar-refractivity contribution in [1.82, 2.24) is 15.2 Å². The van der Waals surface area contributed by atoms with Gasteiger partial charge < -0.3 is 10.2 Å². The van der Waals surface area contributed by atoms with Gasteiger partial charge in [-0.05, 0) is 24.6 Å². The third-order valence-electron chi connectivity index (χ3n) is 4.49. The number of hydrogen-bond acceptors (Lipinski definition) is 5. The molecule has 0 radical (unpaired) electrons. The molecule has 3 rings (SSSR count). The van der Waals surface area contributed by atoms with Crippen LogP contribution in [0.15, 0.2) is 18.2 Å². The smallest absolute Gasteiger partial charge is 0.220 e. The number of nitrogens with zero attached hydrogens (tertiary/aromatic N) is 3. The number of amides is 1. The zero-order valence-corrected chi connectivity index (χ0v) is 16.2. The maximum atomic E-state index is 11.6. The molecule has 0 aliphatic carbocycles. The molecule has 7 heteroatoms. The summed E-state index contributed by atoms with van der Waals surface area (Å²) in [7, 11) is 0. The minimum absolute atomic E-state index is 0.175. The highest BCUT2D eigenvalue weighted by Crippen LogP contribution is 2.31. The Bertz CT molecular complexity index is 712. The van der Waals surface area contributed by atoms with Gasteiger partial charge in [-0.25, -0.2) is 4.98 Å². The quantitative estimate of drug-likeness (QED) is 0.800. The van der Waals surface area contributed by atoms with E-state index >= 15 is 0 Å². The molecule has 25 heavy (non-hydrogen) atoms. The number of piperazine rings is 1. The molecule has 136 valence electrons. The molecule has 1 aliphatic heterocycles. The first-order valence-electron chi connectivity index (χ1n) is 8.96. The monoisotopic (exact) mass is 380 g/mol. The van der Waals surface area contributed by atoms with Gasteiger partial charge in [-0.15, -0.1) is 0 Å². The zero-order chi connectivity index (χ0) is 17.6. The van der Waals surface area contributed by atoms with Crippen molar-refractivity contribution in [2.24, 2.45) is 0 Å². The van der Waals surface area contributed by atoms with E-state index in [1.807, 2.05) is 18.2 Å². The number of carbonyl (C=O) groups is 1. The van der Waals surface area contributed by atoms with Gasteiger partial charge in [-0.2, -0.15) is 0 Å². The normalized spacial score (nSPS) is 15.7. The Hall–Kier alpha value is -1.37. The van der Waals surface area contributed by atoms with Gasteiger partial charge in [0.05, 0.1) is 10.2 Å². The SMILES string of the molecule is CCCCC(=O)NCCN1CCN(c2nc3ccc(Cl)cc3s2)CC1. The van der Waals surface area contributed by atoms with Gasteiger partial charge in [0.2, 0.25) is 5.91 Å². The molecule has 1 saturated heterocycles. The predicted molar refractivity (Wildman–Crippen MR) is 106 cm³/mol. The molecule has 1 aliphatic rings. The van der Waals surface area contributed by atoms with Crippen molar-refractivity contribution in [1.29, 1.82) is 0 Å². The molecule has 0 spiro atoms. The van der Waals surface area contributed by atoms with Crippen LogP contribution in [0.2, 0.25) is 5.02 Å². The second-order valence-corrected chi connectivity index (χ2v) is 7.84. The Labute approximate surface area is 158 Å². The van der Waals surface area contributed by atoms with E-state index in [4.69, 9.17) is 16.6 Å². The predicted octanol–water partition coefficient (Wildman–Crippen LogP) is 3.38. The molecule has 0 saturated carbocycles. The van der Waals surface area contributed by atoms with Crippen LogP contribution in [0, 0.1) is 0 Å².